The Morgan fingerprint density at radius 2 is 1.85 bits per heavy atom. The maximum Gasteiger partial charge on any atom is 0.361 e. The fraction of sp³-hybridized carbons (Fsp3) is 0.400. The van der Waals surface area contributed by atoms with E-state index in [1.807, 2.05) is 38.1 Å². The molecule has 0 unspecified atom stereocenters. The summed E-state index contributed by atoms with van der Waals surface area (Å²) in [6, 6.07) is 7.70. The van der Waals surface area contributed by atoms with Gasteiger partial charge in [0.1, 0.15) is 0 Å². The van der Waals surface area contributed by atoms with Crippen LogP contribution in [0.1, 0.15) is 31.3 Å². The maximum absolute atomic E-state index is 12.1. The van der Waals surface area contributed by atoms with E-state index in [2.05, 4.69) is 15.1 Å². The molecule has 2 aromatic rings. The molecule has 1 aromatic carbocycles. The maximum atomic E-state index is 12.1. The van der Waals surface area contributed by atoms with Crippen molar-refractivity contribution >= 4 is 22.6 Å². The van der Waals surface area contributed by atoms with Crippen molar-refractivity contribution in [1.82, 2.24) is 10.2 Å². The molecular formula is C15H19N3O2. The van der Waals surface area contributed by atoms with Crippen LogP contribution in [0.2, 0.25) is 0 Å². The molecule has 0 fully saturated rings. The summed E-state index contributed by atoms with van der Waals surface area (Å²) in [7, 11) is 0. The van der Waals surface area contributed by atoms with Gasteiger partial charge in [0, 0.05) is 18.5 Å². The van der Waals surface area contributed by atoms with Crippen LogP contribution in [0.25, 0.3) is 10.9 Å². The summed E-state index contributed by atoms with van der Waals surface area (Å²) >= 11 is 0. The van der Waals surface area contributed by atoms with Crippen molar-refractivity contribution in [1.29, 1.82) is 0 Å². The van der Waals surface area contributed by atoms with Crippen LogP contribution < -0.4 is 4.90 Å². The van der Waals surface area contributed by atoms with E-state index < -0.39 is 5.97 Å². The zero-order valence-electron chi connectivity index (χ0n) is 12.1. The topological polar surface area (TPSA) is 55.3 Å². The number of anilines is 1. The highest BCUT2D eigenvalue weighted by molar-refractivity contribution is 6.03. The Hall–Kier alpha value is -2.17. The summed E-state index contributed by atoms with van der Waals surface area (Å²) in [4.78, 5) is 14.2. The molecule has 0 radical (unpaired) electrons. The van der Waals surface area contributed by atoms with E-state index in [-0.39, 0.29) is 5.69 Å². The number of esters is 1. The van der Waals surface area contributed by atoms with Gasteiger partial charge in [-0.05, 0) is 26.8 Å². The molecule has 0 bridgehead atoms. The first-order valence-electron chi connectivity index (χ1n) is 6.90. The Morgan fingerprint density at radius 1 is 1.15 bits per heavy atom. The Morgan fingerprint density at radius 3 is 2.50 bits per heavy atom. The molecular weight excluding hydrogens is 254 g/mol. The van der Waals surface area contributed by atoms with Gasteiger partial charge in [-0.3, -0.25) is 0 Å². The number of hydrogen-bond acceptors (Lipinski definition) is 5. The summed E-state index contributed by atoms with van der Waals surface area (Å²) in [5.41, 5.74) is 1.87. The molecule has 5 heteroatoms. The predicted molar refractivity (Wildman–Crippen MR) is 79.1 cm³/mol. The second kappa shape index (κ2) is 6.32. The predicted octanol–water partition coefficient (Wildman–Crippen LogP) is 2.65. The van der Waals surface area contributed by atoms with Crippen molar-refractivity contribution in [3.05, 3.63) is 30.0 Å². The van der Waals surface area contributed by atoms with E-state index in [0.29, 0.717) is 6.61 Å². The smallest absolute Gasteiger partial charge is 0.361 e. The highest BCUT2D eigenvalue weighted by atomic mass is 16.5. The fourth-order valence-electron chi connectivity index (χ4n) is 2.24. The number of benzene rings is 1. The molecule has 0 N–H and O–H groups in total. The molecule has 1 aromatic heterocycles. The van der Waals surface area contributed by atoms with Gasteiger partial charge in [-0.2, -0.15) is 0 Å². The lowest BCUT2D eigenvalue weighted by Gasteiger charge is -2.24. The van der Waals surface area contributed by atoms with Crippen molar-refractivity contribution < 1.29 is 9.53 Å². The van der Waals surface area contributed by atoms with Gasteiger partial charge < -0.3 is 9.64 Å². The van der Waals surface area contributed by atoms with E-state index in [1.54, 1.807) is 6.92 Å². The zero-order chi connectivity index (χ0) is 14.5. The van der Waals surface area contributed by atoms with Crippen LogP contribution in [0.4, 0.5) is 5.69 Å². The average Bonchev–Trinajstić information content (AvgIpc) is 2.48. The summed E-state index contributed by atoms with van der Waals surface area (Å²) in [5, 5.41) is 9.12. The van der Waals surface area contributed by atoms with Gasteiger partial charge in [0.25, 0.3) is 0 Å². The molecule has 0 atom stereocenters. The van der Waals surface area contributed by atoms with Gasteiger partial charge in [0.15, 0.2) is 5.69 Å². The van der Waals surface area contributed by atoms with E-state index in [0.717, 1.165) is 29.7 Å². The number of carbonyl (C=O) groups is 1. The first kappa shape index (κ1) is 14.2. The Balaban J connectivity index is 2.67. The minimum absolute atomic E-state index is 0.286. The molecule has 1 heterocycles. The molecule has 2 rings (SSSR count). The first-order chi connectivity index (χ1) is 9.72. The average molecular weight is 273 g/mol. The minimum atomic E-state index is -0.423. The third kappa shape index (κ3) is 2.57. The molecule has 0 aliphatic heterocycles. The summed E-state index contributed by atoms with van der Waals surface area (Å²) < 4.78 is 5.09. The lowest BCUT2D eigenvalue weighted by atomic mass is 10.1. The van der Waals surface area contributed by atoms with E-state index in [9.17, 15) is 4.79 Å². The number of fused-ring (bicyclic) bond motifs is 1. The van der Waals surface area contributed by atoms with Gasteiger partial charge in [0.2, 0.25) is 0 Å². The highest BCUT2D eigenvalue weighted by Gasteiger charge is 2.21. The van der Waals surface area contributed by atoms with Gasteiger partial charge in [-0.15, -0.1) is 10.2 Å². The van der Waals surface area contributed by atoms with E-state index in [1.165, 1.54) is 0 Å². The first-order valence-corrected chi connectivity index (χ1v) is 6.90. The molecule has 0 saturated carbocycles. The molecule has 0 amide bonds. The number of ether oxygens (including phenoxy) is 1. The van der Waals surface area contributed by atoms with Crippen LogP contribution in [-0.4, -0.2) is 35.9 Å². The molecule has 0 aliphatic rings. The van der Waals surface area contributed by atoms with E-state index in [4.69, 9.17) is 4.74 Å². The monoisotopic (exact) mass is 273 g/mol. The highest BCUT2D eigenvalue weighted by Crippen LogP contribution is 2.28. The van der Waals surface area contributed by atoms with Crippen LogP contribution >= 0.6 is 0 Å². The molecule has 106 valence electrons. The Bertz CT molecular complexity index is 609. The van der Waals surface area contributed by atoms with Gasteiger partial charge in [-0.1, -0.05) is 18.2 Å². The summed E-state index contributed by atoms with van der Waals surface area (Å²) in [5.74, 6) is -0.423. The second-order valence-electron chi connectivity index (χ2n) is 4.31. The van der Waals surface area contributed by atoms with Gasteiger partial charge >= 0.3 is 5.97 Å². The second-order valence-corrected chi connectivity index (χ2v) is 4.31. The summed E-state index contributed by atoms with van der Waals surface area (Å²) in [6.45, 7) is 7.78. The lowest BCUT2D eigenvalue weighted by molar-refractivity contribution is 0.0519. The lowest BCUT2D eigenvalue weighted by Crippen LogP contribution is -2.26. The molecule has 0 aliphatic carbocycles. The van der Waals surface area contributed by atoms with Crippen molar-refractivity contribution in [3.63, 3.8) is 0 Å². The van der Waals surface area contributed by atoms with Crippen LogP contribution in [0.5, 0.6) is 0 Å². The van der Waals surface area contributed by atoms with Crippen molar-refractivity contribution in [2.45, 2.75) is 20.8 Å². The number of rotatable bonds is 5. The quantitative estimate of drug-likeness (QED) is 0.784. The zero-order valence-corrected chi connectivity index (χ0v) is 12.1. The largest absolute Gasteiger partial charge is 0.461 e. The van der Waals surface area contributed by atoms with Gasteiger partial charge in [0.05, 0.1) is 17.8 Å². The molecule has 0 spiro atoms. The van der Waals surface area contributed by atoms with Crippen molar-refractivity contribution in [2.75, 3.05) is 24.6 Å². The number of aromatic nitrogens is 2. The van der Waals surface area contributed by atoms with Crippen molar-refractivity contribution in [2.24, 2.45) is 0 Å². The van der Waals surface area contributed by atoms with Crippen LogP contribution in [0.15, 0.2) is 24.3 Å². The Kier molecular flexibility index (Phi) is 4.50. The third-order valence-electron chi connectivity index (χ3n) is 3.19. The van der Waals surface area contributed by atoms with Crippen molar-refractivity contribution in [3.8, 4) is 0 Å². The van der Waals surface area contributed by atoms with Gasteiger partial charge in [-0.25, -0.2) is 4.79 Å². The normalized spacial score (nSPS) is 10.6. The molecule has 20 heavy (non-hydrogen) atoms. The van der Waals surface area contributed by atoms with Crippen LogP contribution in [0, 0.1) is 0 Å². The summed E-state index contributed by atoms with van der Waals surface area (Å²) in [6.07, 6.45) is 0. The molecule has 0 saturated heterocycles. The van der Waals surface area contributed by atoms with E-state index >= 15 is 0 Å². The number of carbonyl (C=O) groups excluding carboxylic acids is 1. The standard InChI is InChI=1S/C15H19N3O2/c1-4-18(5-2)14-11-9-7-8-10-12(11)16-17-13(14)15(19)20-6-3/h7-10H,4-6H2,1-3H3. The van der Waals surface area contributed by atoms with Crippen LogP contribution in [0.3, 0.4) is 0 Å². The molecule has 5 nitrogen and oxygen atoms in total. The number of nitrogens with zero attached hydrogens (tertiary/aromatic N) is 3. The SMILES string of the molecule is CCOC(=O)c1nnc2ccccc2c1N(CC)CC. The Labute approximate surface area is 118 Å². The van der Waals surface area contributed by atoms with Crippen LogP contribution in [-0.2, 0) is 4.74 Å². The number of hydrogen-bond donors (Lipinski definition) is 0. The fourth-order valence-corrected chi connectivity index (χ4v) is 2.24. The minimum Gasteiger partial charge on any atom is -0.461 e. The third-order valence-corrected chi connectivity index (χ3v) is 3.19.